The van der Waals surface area contributed by atoms with Gasteiger partial charge in [0.2, 0.25) is 10.9 Å². The summed E-state index contributed by atoms with van der Waals surface area (Å²) in [7, 11) is -2.40. The Morgan fingerprint density at radius 1 is 0.871 bits per heavy atom. The number of carbonyl (C=O) groups excluding carboxylic acids is 2. The van der Waals surface area contributed by atoms with E-state index in [4.69, 9.17) is 0 Å². The molecular weight excluding hydrogens is 403 g/mol. The van der Waals surface area contributed by atoms with Gasteiger partial charge in [0.05, 0.1) is 5.56 Å². The van der Waals surface area contributed by atoms with Gasteiger partial charge in [0.1, 0.15) is 0 Å². The zero-order chi connectivity index (χ0) is 22.8. The molecule has 164 valence electrons. The van der Waals surface area contributed by atoms with Gasteiger partial charge in [0.15, 0.2) is 0 Å². The summed E-state index contributed by atoms with van der Waals surface area (Å²) >= 11 is 0. The average molecular weight is 438 g/mol. The highest BCUT2D eigenvalue weighted by atomic mass is 31.1. The summed E-state index contributed by atoms with van der Waals surface area (Å²) in [6.45, 7) is 9.88. The molecule has 4 heteroatoms. The molecule has 0 aromatic heterocycles. The minimum atomic E-state index is -2.40. The highest BCUT2D eigenvalue weighted by molar-refractivity contribution is 7.67. The van der Waals surface area contributed by atoms with Crippen molar-refractivity contribution in [3.8, 4) is 0 Å². The monoisotopic (exact) mass is 437 g/mol. The predicted molar refractivity (Wildman–Crippen MR) is 128 cm³/mol. The van der Waals surface area contributed by atoms with Gasteiger partial charge in [-0.1, -0.05) is 60.7 Å². The van der Waals surface area contributed by atoms with Crippen LogP contribution in [0.25, 0.3) is 0 Å². The minimum absolute atomic E-state index is 0.0709. The molecule has 2 aromatic carbocycles. The van der Waals surface area contributed by atoms with Gasteiger partial charge in [-0.15, -0.1) is 0 Å². The Labute approximate surface area is 187 Å². The third kappa shape index (κ3) is 4.30. The van der Waals surface area contributed by atoms with Crippen LogP contribution in [-0.4, -0.2) is 16.5 Å². The molecule has 1 saturated carbocycles. The van der Waals surface area contributed by atoms with Crippen LogP contribution < -0.4 is 0 Å². The van der Waals surface area contributed by atoms with Crippen LogP contribution in [0.2, 0.25) is 0 Å². The average Bonchev–Trinajstić information content (AvgIpc) is 2.77. The first-order valence-electron chi connectivity index (χ1n) is 11.5. The Morgan fingerprint density at radius 2 is 1.39 bits per heavy atom. The van der Waals surface area contributed by atoms with Crippen molar-refractivity contribution in [1.82, 2.24) is 0 Å². The molecule has 0 radical (unpaired) electrons. The highest BCUT2D eigenvalue weighted by Crippen LogP contribution is 2.53. The molecule has 1 aliphatic rings. The first kappa shape index (κ1) is 23.5. The molecule has 0 heterocycles. The molecule has 1 aliphatic carbocycles. The van der Waals surface area contributed by atoms with Gasteiger partial charge in [-0.2, -0.15) is 0 Å². The second-order valence-corrected chi connectivity index (χ2v) is 10.8. The summed E-state index contributed by atoms with van der Waals surface area (Å²) in [6.07, 6.45) is 5.22. The lowest BCUT2D eigenvalue weighted by Crippen LogP contribution is -2.40. The van der Waals surface area contributed by atoms with E-state index >= 15 is 0 Å². The molecule has 2 aromatic rings. The summed E-state index contributed by atoms with van der Waals surface area (Å²) in [5.74, 6) is -0.0709. The Kier molecular flexibility index (Phi) is 7.27. The Hall–Kier alpha value is -2.12. The molecule has 0 spiro atoms. The van der Waals surface area contributed by atoms with E-state index in [1.54, 1.807) is 0 Å². The van der Waals surface area contributed by atoms with Crippen molar-refractivity contribution in [2.75, 3.05) is 0 Å². The summed E-state index contributed by atoms with van der Waals surface area (Å²) in [5, 5.41) is -1.09. The molecule has 0 N–H and O–H groups in total. The Balaban J connectivity index is 2.14. The molecule has 0 saturated heterocycles. The molecule has 1 atom stereocenters. The number of Topliss-reactive ketones (excluding diaryl/α,β-unsaturated/α-hetero) is 1. The Bertz CT molecular complexity index is 984. The van der Waals surface area contributed by atoms with Crippen molar-refractivity contribution >= 4 is 19.1 Å². The standard InChI is InChI=1S/C27H34O3P/c1-6-21-12-11-13-22(7-2)24(21)25(28)27(14-9-8-10-15-27)31(30)26(29)23-19(4)16-18(3)17-20(23)5/h11-13,16-17H,6-10,14-15H2,1-5H3/q+1. The van der Waals surface area contributed by atoms with Gasteiger partial charge in [-0.25, -0.2) is 4.79 Å². The van der Waals surface area contributed by atoms with Crippen molar-refractivity contribution in [3.63, 3.8) is 0 Å². The van der Waals surface area contributed by atoms with Gasteiger partial charge in [-0.05, 0) is 68.7 Å². The number of ketones is 1. The maximum Gasteiger partial charge on any atom is 0.434 e. The molecule has 3 rings (SSSR count). The van der Waals surface area contributed by atoms with Crippen LogP contribution in [0, 0.1) is 20.8 Å². The number of carbonyl (C=O) groups is 2. The second kappa shape index (κ2) is 9.57. The van der Waals surface area contributed by atoms with E-state index in [1.807, 2.05) is 65.0 Å². The first-order valence-corrected chi connectivity index (χ1v) is 12.8. The molecule has 0 bridgehead atoms. The molecular formula is C27H34O3P+. The largest absolute Gasteiger partial charge is 0.434 e. The van der Waals surface area contributed by atoms with Gasteiger partial charge in [0.25, 0.3) is 0 Å². The topological polar surface area (TPSA) is 51.2 Å². The van der Waals surface area contributed by atoms with E-state index < -0.39 is 13.0 Å². The van der Waals surface area contributed by atoms with Crippen LogP contribution in [0.1, 0.15) is 94.5 Å². The fraction of sp³-hybridized carbons (Fsp3) is 0.481. The summed E-state index contributed by atoms with van der Waals surface area (Å²) < 4.78 is 14.0. The smallest absolute Gasteiger partial charge is 0.289 e. The second-order valence-electron chi connectivity index (χ2n) is 8.95. The highest BCUT2D eigenvalue weighted by Gasteiger charge is 2.60. The summed E-state index contributed by atoms with van der Waals surface area (Å²) in [6, 6.07) is 9.89. The molecule has 3 nitrogen and oxygen atoms in total. The van der Waals surface area contributed by atoms with Crippen LogP contribution in [0.15, 0.2) is 30.3 Å². The van der Waals surface area contributed by atoms with Crippen LogP contribution in [0.5, 0.6) is 0 Å². The number of benzene rings is 2. The molecule has 0 aliphatic heterocycles. The van der Waals surface area contributed by atoms with E-state index in [0.717, 1.165) is 59.9 Å². The molecule has 1 unspecified atom stereocenters. The number of hydrogen-bond donors (Lipinski definition) is 0. The zero-order valence-electron chi connectivity index (χ0n) is 19.5. The first-order chi connectivity index (χ1) is 14.8. The quantitative estimate of drug-likeness (QED) is 0.337. The Morgan fingerprint density at radius 3 is 1.87 bits per heavy atom. The number of hydrogen-bond acceptors (Lipinski definition) is 3. The van der Waals surface area contributed by atoms with E-state index in [9.17, 15) is 14.2 Å². The molecule has 31 heavy (non-hydrogen) atoms. The van der Waals surface area contributed by atoms with E-state index in [-0.39, 0.29) is 11.3 Å². The van der Waals surface area contributed by atoms with Crippen molar-refractivity contribution < 1.29 is 14.2 Å². The van der Waals surface area contributed by atoms with Crippen LogP contribution in [-0.2, 0) is 17.4 Å². The normalized spacial score (nSPS) is 16.1. The zero-order valence-corrected chi connectivity index (χ0v) is 20.4. The lowest BCUT2D eigenvalue weighted by Gasteiger charge is -2.28. The third-order valence-corrected chi connectivity index (χ3v) is 8.81. The van der Waals surface area contributed by atoms with Crippen molar-refractivity contribution in [2.45, 2.75) is 84.7 Å². The van der Waals surface area contributed by atoms with Gasteiger partial charge >= 0.3 is 13.3 Å². The third-order valence-electron chi connectivity index (χ3n) is 6.79. The van der Waals surface area contributed by atoms with Crippen molar-refractivity contribution in [1.29, 1.82) is 0 Å². The van der Waals surface area contributed by atoms with E-state index in [0.29, 0.717) is 24.0 Å². The van der Waals surface area contributed by atoms with Crippen molar-refractivity contribution in [3.05, 3.63) is 69.3 Å². The SMILES string of the molecule is CCc1cccc(CC)c1C(=O)C1([P+](=O)C(=O)c2c(C)cc(C)cc2C)CCCCC1. The fourth-order valence-electron chi connectivity index (χ4n) is 5.24. The van der Waals surface area contributed by atoms with Gasteiger partial charge in [0, 0.05) is 18.4 Å². The van der Waals surface area contributed by atoms with Gasteiger partial charge < -0.3 is 0 Å². The van der Waals surface area contributed by atoms with Crippen LogP contribution >= 0.6 is 7.80 Å². The fourth-order valence-corrected chi connectivity index (χ4v) is 7.20. The van der Waals surface area contributed by atoms with E-state index in [2.05, 4.69) is 0 Å². The van der Waals surface area contributed by atoms with Crippen molar-refractivity contribution in [2.24, 2.45) is 0 Å². The number of aryl methyl sites for hydroxylation is 5. The van der Waals surface area contributed by atoms with Crippen LogP contribution in [0.4, 0.5) is 0 Å². The molecule has 0 amide bonds. The predicted octanol–water partition coefficient (Wildman–Crippen LogP) is 7.29. The van der Waals surface area contributed by atoms with Gasteiger partial charge in [-0.3, -0.25) is 4.79 Å². The minimum Gasteiger partial charge on any atom is -0.289 e. The maximum absolute atomic E-state index is 14.1. The lowest BCUT2D eigenvalue weighted by molar-refractivity contribution is 0.0901. The van der Waals surface area contributed by atoms with E-state index in [1.165, 1.54) is 0 Å². The summed E-state index contributed by atoms with van der Waals surface area (Å²) in [4.78, 5) is 27.8. The number of rotatable bonds is 7. The summed E-state index contributed by atoms with van der Waals surface area (Å²) in [5.41, 5.74) is 5.63. The van der Waals surface area contributed by atoms with Crippen LogP contribution in [0.3, 0.4) is 0 Å². The lowest BCUT2D eigenvalue weighted by atomic mass is 9.80. The maximum atomic E-state index is 14.1. The molecule has 1 fully saturated rings.